The van der Waals surface area contributed by atoms with Crippen LogP contribution < -0.4 is 18.9 Å². The second-order valence-corrected chi connectivity index (χ2v) is 2.64. The predicted molar refractivity (Wildman–Crippen MR) is 46.2 cm³/mol. The van der Waals surface area contributed by atoms with Gasteiger partial charge in [-0.2, -0.15) is 0 Å². The summed E-state index contributed by atoms with van der Waals surface area (Å²) < 4.78 is 0. The molecule has 1 aromatic carbocycles. The van der Waals surface area contributed by atoms with Gasteiger partial charge in [0.2, 0.25) is 0 Å². The molecule has 0 saturated heterocycles. The number of aryl methyl sites for hydroxylation is 1. The molecular formula is C9H9LiO4. The van der Waals surface area contributed by atoms with Gasteiger partial charge in [-0.05, 0) is 30.7 Å². The normalized spacial score (nSPS) is 8.93. The minimum Gasteiger partial charge on any atom is -1.00 e. The van der Waals surface area contributed by atoms with E-state index in [9.17, 15) is 9.59 Å². The Balaban J connectivity index is 0. The van der Waals surface area contributed by atoms with Gasteiger partial charge in [0, 0.05) is 0 Å². The Morgan fingerprint density at radius 3 is 2.14 bits per heavy atom. The third-order valence-corrected chi connectivity index (χ3v) is 1.70. The summed E-state index contributed by atoms with van der Waals surface area (Å²) in [6, 6.07) is 3.91. The van der Waals surface area contributed by atoms with Crippen molar-refractivity contribution in [2.75, 3.05) is 0 Å². The summed E-state index contributed by atoms with van der Waals surface area (Å²) in [5.74, 6) is -2.10. The number of hydrogen-bond donors (Lipinski definition) is 2. The van der Waals surface area contributed by atoms with Crippen molar-refractivity contribution in [3.8, 4) is 0 Å². The Labute approximate surface area is 94.2 Å². The average molecular weight is 188 g/mol. The molecule has 0 aromatic heterocycles. The molecule has 4 nitrogen and oxygen atoms in total. The van der Waals surface area contributed by atoms with E-state index in [2.05, 4.69) is 0 Å². The topological polar surface area (TPSA) is 74.6 Å². The van der Waals surface area contributed by atoms with Crippen molar-refractivity contribution in [3.63, 3.8) is 0 Å². The zero-order chi connectivity index (χ0) is 10.0. The first-order chi connectivity index (χ1) is 6.02. The molecule has 2 N–H and O–H groups in total. The van der Waals surface area contributed by atoms with Crippen LogP contribution in [0.1, 0.15) is 27.7 Å². The SMILES string of the molecule is Cc1cc(C(=O)O)ccc1C(=O)O.[H-].[Li+]. The van der Waals surface area contributed by atoms with Gasteiger partial charge in [0.25, 0.3) is 0 Å². The Morgan fingerprint density at radius 1 is 1.21 bits per heavy atom. The number of rotatable bonds is 2. The summed E-state index contributed by atoms with van der Waals surface area (Å²) in [7, 11) is 0. The summed E-state index contributed by atoms with van der Waals surface area (Å²) in [5.41, 5.74) is 0.680. The van der Waals surface area contributed by atoms with Gasteiger partial charge in [-0.1, -0.05) is 0 Å². The van der Waals surface area contributed by atoms with Crippen LogP contribution in [-0.2, 0) is 0 Å². The molecule has 14 heavy (non-hydrogen) atoms. The minimum atomic E-state index is -1.06. The zero-order valence-electron chi connectivity index (χ0n) is 8.94. The average Bonchev–Trinajstić information content (AvgIpc) is 2.03. The van der Waals surface area contributed by atoms with Gasteiger partial charge in [-0.3, -0.25) is 0 Å². The molecule has 0 saturated carbocycles. The maximum Gasteiger partial charge on any atom is 1.00 e. The molecule has 0 aliphatic heterocycles. The minimum absolute atomic E-state index is 0. The molecular weight excluding hydrogens is 179 g/mol. The van der Waals surface area contributed by atoms with Gasteiger partial charge < -0.3 is 11.6 Å². The molecule has 0 heterocycles. The molecule has 0 radical (unpaired) electrons. The van der Waals surface area contributed by atoms with E-state index in [1.54, 1.807) is 6.92 Å². The standard InChI is InChI=1S/C9H8O4.Li.H/c1-5-4-6(8(10)11)2-3-7(5)9(12)13;;/h2-4H,1H3,(H,10,11)(H,12,13);;/q;+1;-1. The van der Waals surface area contributed by atoms with Crippen LogP contribution in [0.15, 0.2) is 18.2 Å². The van der Waals surface area contributed by atoms with Crippen LogP contribution in [0.4, 0.5) is 0 Å². The summed E-state index contributed by atoms with van der Waals surface area (Å²) in [5, 5.41) is 17.2. The first-order valence-electron chi connectivity index (χ1n) is 3.59. The third-order valence-electron chi connectivity index (χ3n) is 1.70. The second kappa shape index (κ2) is 4.85. The quantitative estimate of drug-likeness (QED) is 0.554. The number of carboxylic acid groups (broad SMARTS) is 2. The van der Waals surface area contributed by atoms with E-state index in [-0.39, 0.29) is 31.4 Å². The van der Waals surface area contributed by atoms with Gasteiger partial charge in [0.15, 0.2) is 0 Å². The molecule has 1 rings (SSSR count). The number of benzene rings is 1. The van der Waals surface area contributed by atoms with Gasteiger partial charge in [-0.25, -0.2) is 9.59 Å². The van der Waals surface area contributed by atoms with Gasteiger partial charge in [0.05, 0.1) is 11.1 Å². The maximum absolute atomic E-state index is 10.6. The summed E-state index contributed by atoms with van der Waals surface area (Å²) in [4.78, 5) is 21.0. The molecule has 0 spiro atoms. The first-order valence-corrected chi connectivity index (χ1v) is 3.59. The van der Waals surface area contributed by atoms with Crippen molar-refractivity contribution in [3.05, 3.63) is 34.9 Å². The smallest absolute Gasteiger partial charge is 1.00 e. The Kier molecular flexibility index (Phi) is 4.42. The Hall–Kier alpha value is -1.24. The van der Waals surface area contributed by atoms with Gasteiger partial charge in [-0.15, -0.1) is 0 Å². The van der Waals surface area contributed by atoms with Crippen molar-refractivity contribution >= 4 is 11.9 Å². The van der Waals surface area contributed by atoms with E-state index in [4.69, 9.17) is 10.2 Å². The molecule has 0 aliphatic rings. The fourth-order valence-electron chi connectivity index (χ4n) is 1.04. The Bertz CT molecular complexity index is 378. The molecule has 0 atom stereocenters. The second-order valence-electron chi connectivity index (χ2n) is 2.64. The monoisotopic (exact) mass is 188 g/mol. The molecule has 0 bridgehead atoms. The van der Waals surface area contributed by atoms with Crippen molar-refractivity contribution in [1.29, 1.82) is 0 Å². The van der Waals surface area contributed by atoms with Crippen LogP contribution in [0.25, 0.3) is 0 Å². The van der Waals surface area contributed by atoms with E-state index < -0.39 is 11.9 Å². The number of carboxylic acids is 2. The van der Waals surface area contributed by atoms with E-state index in [1.165, 1.54) is 18.2 Å². The number of hydrogen-bond acceptors (Lipinski definition) is 2. The first kappa shape index (κ1) is 12.8. The molecule has 5 heteroatoms. The summed E-state index contributed by atoms with van der Waals surface area (Å²) in [6.45, 7) is 1.57. The van der Waals surface area contributed by atoms with Crippen molar-refractivity contribution in [2.45, 2.75) is 6.92 Å². The van der Waals surface area contributed by atoms with Crippen LogP contribution in [0.3, 0.4) is 0 Å². The molecule has 1 aromatic rings. The van der Waals surface area contributed by atoms with E-state index in [1.807, 2.05) is 0 Å². The van der Waals surface area contributed by atoms with Crippen molar-refractivity contribution in [2.24, 2.45) is 0 Å². The molecule has 0 unspecified atom stereocenters. The summed E-state index contributed by atoms with van der Waals surface area (Å²) >= 11 is 0. The molecule has 0 aliphatic carbocycles. The van der Waals surface area contributed by atoms with E-state index in [0.29, 0.717) is 5.56 Å². The number of carbonyl (C=O) groups is 2. The molecule has 0 amide bonds. The molecule has 0 fully saturated rings. The van der Waals surface area contributed by atoms with E-state index >= 15 is 0 Å². The van der Waals surface area contributed by atoms with E-state index in [0.717, 1.165) is 0 Å². The van der Waals surface area contributed by atoms with Crippen LogP contribution in [-0.4, -0.2) is 22.2 Å². The van der Waals surface area contributed by atoms with Gasteiger partial charge in [0.1, 0.15) is 0 Å². The third kappa shape index (κ3) is 2.62. The van der Waals surface area contributed by atoms with Gasteiger partial charge >= 0.3 is 30.8 Å². The maximum atomic E-state index is 10.6. The molecule has 70 valence electrons. The number of aromatic carboxylic acids is 2. The predicted octanol–water partition coefficient (Wildman–Crippen LogP) is -1.49. The van der Waals surface area contributed by atoms with Crippen LogP contribution in [0, 0.1) is 6.92 Å². The van der Waals surface area contributed by atoms with Crippen molar-refractivity contribution < 1.29 is 40.1 Å². The zero-order valence-corrected chi connectivity index (χ0v) is 7.94. The van der Waals surface area contributed by atoms with Crippen LogP contribution in [0.2, 0.25) is 0 Å². The fraction of sp³-hybridized carbons (Fsp3) is 0.111. The Morgan fingerprint density at radius 2 is 1.79 bits per heavy atom. The van der Waals surface area contributed by atoms with Crippen LogP contribution >= 0.6 is 0 Å². The summed E-state index contributed by atoms with van der Waals surface area (Å²) in [6.07, 6.45) is 0. The largest absolute Gasteiger partial charge is 1.00 e. The van der Waals surface area contributed by atoms with Crippen molar-refractivity contribution in [1.82, 2.24) is 0 Å². The fourth-order valence-corrected chi connectivity index (χ4v) is 1.04. The van der Waals surface area contributed by atoms with Crippen LogP contribution in [0.5, 0.6) is 0 Å².